The summed E-state index contributed by atoms with van der Waals surface area (Å²) >= 11 is 2.27. The van der Waals surface area contributed by atoms with E-state index < -0.39 is 0 Å². The number of carbonyl (C=O) groups is 2. The predicted octanol–water partition coefficient (Wildman–Crippen LogP) is 1.92. The SMILES string of the molecule is O=C1c2ccccc2C(=O)N1CCOCCOCCOCCOCCOCCOCCOCCOCCOCCOCCOCCOCCI. The molecule has 0 N–H and O–H groups in total. The van der Waals surface area contributed by atoms with Crippen molar-refractivity contribution in [2.24, 2.45) is 0 Å². The molecule has 1 aromatic carbocycles. The summed E-state index contributed by atoms with van der Waals surface area (Å²) in [5.41, 5.74) is 0.883. The fourth-order valence-corrected chi connectivity index (χ4v) is 4.49. The van der Waals surface area contributed by atoms with Crippen LogP contribution in [0.3, 0.4) is 0 Å². The second-order valence-corrected chi connectivity index (χ2v) is 11.4. The molecule has 2 rings (SSSR count). The first-order valence-corrected chi connectivity index (χ1v) is 18.7. The molecule has 16 heteroatoms. The van der Waals surface area contributed by atoms with Crippen molar-refractivity contribution in [2.45, 2.75) is 0 Å². The van der Waals surface area contributed by atoms with Gasteiger partial charge in [-0.2, -0.15) is 0 Å². The molecule has 50 heavy (non-hydrogen) atoms. The molecule has 0 aliphatic carbocycles. The number of hydrogen-bond donors (Lipinski definition) is 0. The maximum atomic E-state index is 12.3. The fraction of sp³-hybridized carbons (Fsp3) is 0.765. The van der Waals surface area contributed by atoms with Crippen molar-refractivity contribution in [2.75, 3.05) is 170 Å². The van der Waals surface area contributed by atoms with Crippen LogP contribution in [0.2, 0.25) is 0 Å². The summed E-state index contributed by atoms with van der Waals surface area (Å²) in [4.78, 5) is 25.8. The molecule has 0 unspecified atom stereocenters. The van der Waals surface area contributed by atoms with Crippen LogP contribution in [0, 0.1) is 0 Å². The van der Waals surface area contributed by atoms with Crippen molar-refractivity contribution in [3.63, 3.8) is 0 Å². The van der Waals surface area contributed by atoms with Crippen molar-refractivity contribution < 1.29 is 66.4 Å². The number of halogens is 1. The minimum absolute atomic E-state index is 0.214. The van der Waals surface area contributed by atoms with Crippen molar-refractivity contribution in [3.8, 4) is 0 Å². The zero-order valence-corrected chi connectivity index (χ0v) is 31.4. The third kappa shape index (κ3) is 23.2. The highest BCUT2D eigenvalue weighted by Gasteiger charge is 2.34. The number of amides is 2. The summed E-state index contributed by atoms with van der Waals surface area (Å²) in [5, 5.41) is 0. The van der Waals surface area contributed by atoms with Crippen LogP contribution in [0.1, 0.15) is 20.7 Å². The van der Waals surface area contributed by atoms with Crippen molar-refractivity contribution >= 4 is 34.4 Å². The Bertz CT molecular complexity index is 927. The molecule has 288 valence electrons. The van der Waals surface area contributed by atoms with Gasteiger partial charge in [0.15, 0.2) is 0 Å². The number of imide groups is 1. The highest BCUT2D eigenvalue weighted by molar-refractivity contribution is 14.1. The summed E-state index contributed by atoms with van der Waals surface area (Å²) in [7, 11) is 0. The summed E-state index contributed by atoms with van der Waals surface area (Å²) in [6, 6.07) is 6.82. The van der Waals surface area contributed by atoms with Crippen molar-refractivity contribution in [1.82, 2.24) is 4.90 Å². The summed E-state index contributed by atoms with van der Waals surface area (Å²) in [6.07, 6.45) is 0. The molecule has 0 fully saturated rings. The molecule has 15 nitrogen and oxygen atoms in total. The van der Waals surface area contributed by atoms with Gasteiger partial charge in [-0.05, 0) is 12.1 Å². The molecule has 0 bridgehead atoms. The highest BCUT2D eigenvalue weighted by atomic mass is 127. The topological polar surface area (TPSA) is 148 Å². The standard InChI is InChI=1S/C34H56INO14/c35-5-7-39-9-11-41-13-15-43-17-19-45-21-23-47-25-27-49-29-30-50-28-26-48-24-22-46-20-18-44-16-14-42-12-10-40-8-6-36-33(37)31-3-1-2-4-32(31)34(36)38/h1-4H,5-30H2. The molecule has 1 aliphatic rings. The van der Waals surface area contributed by atoms with Crippen LogP contribution in [0.5, 0.6) is 0 Å². The third-order valence-electron chi connectivity index (χ3n) is 6.65. The lowest BCUT2D eigenvalue weighted by Gasteiger charge is -2.13. The van der Waals surface area contributed by atoms with E-state index in [4.69, 9.17) is 56.8 Å². The summed E-state index contributed by atoms with van der Waals surface area (Å²) in [6.45, 7) is 12.1. The number of hydrogen-bond acceptors (Lipinski definition) is 14. The number of carbonyl (C=O) groups excluding carboxylic acids is 2. The zero-order valence-electron chi connectivity index (χ0n) is 29.2. The van der Waals surface area contributed by atoms with Crippen LogP contribution in [-0.4, -0.2) is 186 Å². The second-order valence-electron chi connectivity index (χ2n) is 10.3. The van der Waals surface area contributed by atoms with Gasteiger partial charge >= 0.3 is 0 Å². The van der Waals surface area contributed by atoms with Crippen molar-refractivity contribution in [1.29, 1.82) is 0 Å². The average Bonchev–Trinajstić information content (AvgIpc) is 3.37. The number of fused-ring (bicyclic) bond motifs is 1. The lowest BCUT2D eigenvalue weighted by Crippen LogP contribution is -2.33. The molecular formula is C34H56INO14. The van der Waals surface area contributed by atoms with E-state index in [0.29, 0.717) is 156 Å². The normalized spacial score (nSPS) is 12.8. The van der Waals surface area contributed by atoms with E-state index >= 15 is 0 Å². The number of rotatable bonds is 38. The minimum Gasteiger partial charge on any atom is -0.378 e. The molecular weight excluding hydrogens is 773 g/mol. The second kappa shape index (κ2) is 33.4. The Kier molecular flexibility index (Phi) is 29.9. The van der Waals surface area contributed by atoms with Crippen LogP contribution in [0.25, 0.3) is 0 Å². The van der Waals surface area contributed by atoms with Gasteiger partial charge in [0, 0.05) is 4.43 Å². The van der Waals surface area contributed by atoms with Gasteiger partial charge in [-0.25, -0.2) is 0 Å². The van der Waals surface area contributed by atoms with Crippen LogP contribution < -0.4 is 0 Å². The predicted molar refractivity (Wildman–Crippen MR) is 191 cm³/mol. The maximum Gasteiger partial charge on any atom is 0.261 e. The maximum absolute atomic E-state index is 12.3. The van der Waals surface area contributed by atoms with Gasteiger partial charge in [-0.3, -0.25) is 14.5 Å². The van der Waals surface area contributed by atoms with E-state index in [-0.39, 0.29) is 25.0 Å². The molecule has 0 atom stereocenters. The Hall–Kier alpha value is -1.39. The average molecular weight is 830 g/mol. The van der Waals surface area contributed by atoms with E-state index in [1.54, 1.807) is 24.3 Å². The first kappa shape index (κ1) is 44.8. The fourth-order valence-electron chi connectivity index (χ4n) is 4.17. The van der Waals surface area contributed by atoms with Crippen LogP contribution in [0.4, 0.5) is 0 Å². The number of benzene rings is 1. The zero-order chi connectivity index (χ0) is 35.6. The van der Waals surface area contributed by atoms with Gasteiger partial charge in [-0.1, -0.05) is 34.7 Å². The highest BCUT2D eigenvalue weighted by Crippen LogP contribution is 2.21. The molecule has 1 aliphatic heterocycles. The van der Waals surface area contributed by atoms with E-state index in [1.165, 1.54) is 4.90 Å². The number of nitrogens with zero attached hydrogens (tertiary/aromatic N) is 1. The summed E-state index contributed by atoms with van der Waals surface area (Å²) in [5.74, 6) is -0.556. The molecule has 2 amide bonds. The molecule has 0 saturated heterocycles. The Morgan fingerprint density at radius 1 is 0.360 bits per heavy atom. The Morgan fingerprint density at radius 3 is 0.820 bits per heavy atom. The summed E-state index contributed by atoms with van der Waals surface area (Å²) < 4.78 is 66.4. The molecule has 0 aromatic heterocycles. The minimum atomic E-state index is -0.278. The molecule has 1 aromatic rings. The van der Waals surface area contributed by atoms with E-state index in [9.17, 15) is 9.59 Å². The van der Waals surface area contributed by atoms with Crippen molar-refractivity contribution in [3.05, 3.63) is 35.4 Å². The lowest BCUT2D eigenvalue weighted by atomic mass is 10.1. The third-order valence-corrected chi connectivity index (χ3v) is 7.09. The van der Waals surface area contributed by atoms with Crippen LogP contribution in [-0.2, 0) is 56.8 Å². The monoisotopic (exact) mass is 829 g/mol. The van der Waals surface area contributed by atoms with E-state index in [2.05, 4.69) is 22.6 Å². The van der Waals surface area contributed by atoms with Gasteiger partial charge in [0.1, 0.15) is 0 Å². The molecule has 0 spiro atoms. The number of alkyl halides is 1. The largest absolute Gasteiger partial charge is 0.378 e. The Balaban J connectivity index is 1.16. The first-order chi connectivity index (χ1) is 24.8. The van der Waals surface area contributed by atoms with Gasteiger partial charge in [0.05, 0.1) is 176 Å². The van der Waals surface area contributed by atoms with Gasteiger partial charge in [-0.15, -0.1) is 0 Å². The van der Waals surface area contributed by atoms with Crippen LogP contribution >= 0.6 is 22.6 Å². The quantitative estimate of drug-likeness (QED) is 0.0414. The lowest BCUT2D eigenvalue weighted by molar-refractivity contribution is -0.0283. The van der Waals surface area contributed by atoms with E-state index in [0.717, 1.165) is 11.0 Å². The smallest absolute Gasteiger partial charge is 0.261 e. The van der Waals surface area contributed by atoms with Gasteiger partial charge in [0.2, 0.25) is 0 Å². The van der Waals surface area contributed by atoms with Crippen LogP contribution in [0.15, 0.2) is 24.3 Å². The molecule has 0 radical (unpaired) electrons. The van der Waals surface area contributed by atoms with Gasteiger partial charge in [0.25, 0.3) is 11.8 Å². The first-order valence-electron chi connectivity index (χ1n) is 17.2. The van der Waals surface area contributed by atoms with Gasteiger partial charge < -0.3 is 56.8 Å². The Morgan fingerprint density at radius 2 is 0.580 bits per heavy atom. The van der Waals surface area contributed by atoms with E-state index in [1.807, 2.05) is 0 Å². The Labute approximate surface area is 309 Å². The molecule has 0 saturated carbocycles. The number of ether oxygens (including phenoxy) is 12. The molecule has 1 heterocycles.